The van der Waals surface area contributed by atoms with Gasteiger partial charge in [0.15, 0.2) is 5.75 Å². The van der Waals surface area contributed by atoms with Crippen molar-refractivity contribution < 1.29 is 14.0 Å². The van der Waals surface area contributed by atoms with Gasteiger partial charge in [0.2, 0.25) is 7.14 Å². The molecule has 4 aliphatic heterocycles. The third kappa shape index (κ3) is 11.1. The molecule has 0 radical (unpaired) electrons. The van der Waals surface area contributed by atoms with Gasteiger partial charge in [-0.05, 0) is 241 Å². The zero-order valence-electron chi connectivity index (χ0n) is 64.2. The van der Waals surface area contributed by atoms with Crippen LogP contribution in [0.1, 0.15) is 130 Å². The number of allylic oxidation sites excluding steroid dienone is 1. The van der Waals surface area contributed by atoms with Gasteiger partial charge in [0.05, 0.1) is 32.5 Å². The van der Waals surface area contributed by atoms with Gasteiger partial charge in [-0.15, -0.1) is 11.3 Å². The van der Waals surface area contributed by atoms with Gasteiger partial charge in [-0.3, -0.25) is 0 Å². The third-order valence-electron chi connectivity index (χ3n) is 23.8. The van der Waals surface area contributed by atoms with Crippen molar-refractivity contribution in [3.63, 3.8) is 0 Å². The molecule has 0 fully saturated rings. The van der Waals surface area contributed by atoms with Crippen molar-refractivity contribution in [1.82, 2.24) is 4.57 Å². The Morgan fingerprint density at radius 2 is 1.12 bits per heavy atom. The maximum absolute atomic E-state index is 17.1. The molecule has 0 spiro atoms. The normalized spacial score (nSPS) is 17.9. The molecule has 8 nitrogen and oxygen atoms in total. The number of hydrogen-bond acceptors (Lipinski definition) is 9. The smallest absolute Gasteiger partial charge is 0.201 e. The summed E-state index contributed by atoms with van der Waals surface area (Å²) in [5, 5.41) is 4.71. The van der Waals surface area contributed by atoms with Gasteiger partial charge < -0.3 is 38.2 Å². The molecule has 14 aromatic rings. The SMILES string of the molecule is Cc1cc2c3c(c1)Oc1c(n(-c4ccccc4)c4ccccc14)P3(=O)c1ccc(N(c3ccccc3)c3ccc(CC(C)(C)c4ccc5sc6c(c5c4)N(c4ccccc4)c4cc(C(C)C)cc5c4P6(=S)C4C=C(N(c6ccc(C(C)C)cc6C)c6ccc(C(C)C)cc6C)CCC4N5c4ccccc4)cc3)cc1O2. The number of aromatic nitrogens is 1. The molecular formula is C98H89N5O3P2S2. The predicted octanol–water partition coefficient (Wildman–Crippen LogP) is 25.6. The Bertz CT molecular complexity index is 6130. The maximum atomic E-state index is 17.1. The molecule has 0 N–H and O–H groups in total. The molecule has 12 aromatic carbocycles. The zero-order valence-corrected chi connectivity index (χ0v) is 67.6. The summed E-state index contributed by atoms with van der Waals surface area (Å²) in [5.74, 6) is 3.36. The number of hydrogen-bond donors (Lipinski definition) is 0. The molecule has 0 saturated heterocycles. The first-order valence-corrected chi connectivity index (χ1v) is 44.3. The summed E-state index contributed by atoms with van der Waals surface area (Å²) in [4.78, 5) is 10.3. The molecule has 0 bridgehead atoms. The van der Waals surface area contributed by atoms with E-state index in [1.54, 1.807) is 0 Å². The van der Waals surface area contributed by atoms with Crippen molar-refractivity contribution in [2.45, 2.75) is 130 Å². The van der Waals surface area contributed by atoms with Crippen molar-refractivity contribution in [2.75, 3.05) is 19.6 Å². The number of anilines is 10. The van der Waals surface area contributed by atoms with Gasteiger partial charge >= 0.3 is 0 Å². The molecule has 5 aliphatic rings. The first-order chi connectivity index (χ1) is 53.2. The van der Waals surface area contributed by atoms with Crippen LogP contribution in [-0.4, -0.2) is 16.3 Å². The van der Waals surface area contributed by atoms with E-state index in [1.165, 1.54) is 98.8 Å². The topological polar surface area (TPSA) is 53.4 Å². The molecule has 19 rings (SSSR count). The van der Waals surface area contributed by atoms with E-state index in [0.717, 1.165) is 64.2 Å². The molecule has 0 amide bonds. The van der Waals surface area contributed by atoms with Gasteiger partial charge in [0.1, 0.15) is 28.0 Å². The van der Waals surface area contributed by atoms with E-state index in [-0.39, 0.29) is 23.0 Å². The van der Waals surface area contributed by atoms with Crippen molar-refractivity contribution in [3.05, 3.63) is 323 Å². The highest BCUT2D eigenvalue weighted by atomic mass is 32.4. The summed E-state index contributed by atoms with van der Waals surface area (Å²) in [6, 6.07) is 94.6. The lowest BCUT2D eigenvalue weighted by molar-refractivity contribution is 0.463. The minimum absolute atomic E-state index is 0.0139. The first-order valence-electron chi connectivity index (χ1n) is 38.9. The van der Waals surface area contributed by atoms with Crippen LogP contribution >= 0.6 is 24.5 Å². The minimum atomic E-state index is -3.68. The van der Waals surface area contributed by atoms with Crippen LogP contribution in [0.15, 0.2) is 279 Å². The van der Waals surface area contributed by atoms with Crippen molar-refractivity contribution in [2.24, 2.45) is 0 Å². The highest BCUT2D eigenvalue weighted by Crippen LogP contribution is 2.69. The minimum Gasteiger partial charge on any atom is -0.456 e. The number of nitrogens with zero attached hydrogens (tertiary/aromatic N) is 5. The number of fused-ring (bicyclic) bond motifs is 12. The van der Waals surface area contributed by atoms with Crippen LogP contribution < -0.4 is 55.0 Å². The van der Waals surface area contributed by atoms with E-state index in [2.05, 4.69) is 318 Å². The average Bonchev–Trinajstić information content (AvgIpc) is 1.27. The average molecular weight is 1510 g/mol. The molecule has 546 valence electrons. The van der Waals surface area contributed by atoms with E-state index in [1.807, 2.05) is 66.8 Å². The van der Waals surface area contributed by atoms with Gasteiger partial charge in [0.25, 0.3) is 0 Å². The third-order valence-corrected chi connectivity index (χ3v) is 34.4. The molecule has 4 atom stereocenters. The van der Waals surface area contributed by atoms with Gasteiger partial charge in [-0.25, -0.2) is 0 Å². The van der Waals surface area contributed by atoms with Gasteiger partial charge in [-0.2, -0.15) is 0 Å². The maximum Gasteiger partial charge on any atom is 0.201 e. The number of aryl methyl sites for hydroxylation is 3. The Balaban J connectivity index is 0.724. The van der Waals surface area contributed by atoms with Gasteiger partial charge in [0, 0.05) is 95.8 Å². The lowest BCUT2D eigenvalue weighted by atomic mass is 9.79. The molecule has 12 heteroatoms. The molecule has 110 heavy (non-hydrogen) atoms. The molecule has 2 aromatic heterocycles. The number of thiophene rings is 1. The number of rotatable bonds is 15. The van der Waals surface area contributed by atoms with Crippen LogP contribution in [0.25, 0.3) is 26.7 Å². The Morgan fingerprint density at radius 1 is 0.536 bits per heavy atom. The van der Waals surface area contributed by atoms with Crippen molar-refractivity contribution in [3.8, 4) is 28.7 Å². The summed E-state index contributed by atoms with van der Waals surface area (Å²) in [6.45, 7) is 25.3. The van der Waals surface area contributed by atoms with E-state index in [9.17, 15) is 0 Å². The Morgan fingerprint density at radius 3 is 1.76 bits per heavy atom. The fourth-order valence-corrected chi connectivity index (χ4v) is 29.1. The highest BCUT2D eigenvalue weighted by molar-refractivity contribution is 8.24. The second-order valence-electron chi connectivity index (χ2n) is 32.4. The Hall–Kier alpha value is -10.4. The zero-order chi connectivity index (χ0) is 75.4. The van der Waals surface area contributed by atoms with E-state index in [0.29, 0.717) is 50.9 Å². The molecule has 0 saturated carbocycles. The van der Waals surface area contributed by atoms with Crippen LogP contribution in [0.3, 0.4) is 0 Å². The molecular weight excluding hydrogens is 1420 g/mol. The standard InChI is InChI=1S/C98H89N5O3P2S2/c1-60(2)67-38-45-80(64(8)52-67)101(81-46-39-68(61(3)4)53-65(81)9)77-43-47-83-90(58-77)108(109)94-84(100(83)72-28-18-13-19-29-72)54-69(62(5)6)55-85(94)102(73-30-20-14-21-31-73)92-79-56-70(40-49-91(79)110-97(92)108)98(10,11)59-66-36-41-75(42-37-66)99(71-26-16-12-17-27-71)76-44-48-89-86(57-76)105-87-50-63(7)51-88-95(87)107(89,104)96-93(106-88)78-34-24-25-35-82(78)103(96)74-32-22-15-23-33-74/h12-42,44-46,48-58,60-62,83,90H,43,47,59H2,1-11H3. The second-order valence-corrected chi connectivity index (χ2v) is 40.8. The lowest BCUT2D eigenvalue weighted by Gasteiger charge is -2.54. The predicted molar refractivity (Wildman–Crippen MR) is 469 cm³/mol. The summed E-state index contributed by atoms with van der Waals surface area (Å²) in [6.07, 6.45) is 5.32. The van der Waals surface area contributed by atoms with Crippen LogP contribution in [0.2, 0.25) is 0 Å². The summed E-state index contributed by atoms with van der Waals surface area (Å²) in [5.41, 5.74) is 24.8. The lowest BCUT2D eigenvalue weighted by Crippen LogP contribution is -2.53. The highest BCUT2D eigenvalue weighted by Gasteiger charge is 2.55. The van der Waals surface area contributed by atoms with Crippen LogP contribution in [0.4, 0.5) is 56.9 Å². The number of ether oxygens (including phenoxy) is 2. The summed E-state index contributed by atoms with van der Waals surface area (Å²) >= 11 is 10.00. The van der Waals surface area contributed by atoms with Crippen LogP contribution in [-0.2, 0) is 28.2 Å². The molecule has 6 heterocycles. The quantitative estimate of drug-likeness (QED) is 0.0942. The van der Waals surface area contributed by atoms with Gasteiger partial charge in [-0.1, -0.05) is 201 Å². The number of benzene rings is 12. The van der Waals surface area contributed by atoms with E-state index < -0.39 is 13.2 Å². The first kappa shape index (κ1) is 70.0. The number of para-hydroxylation sites is 5. The molecule has 4 unspecified atom stereocenters. The monoisotopic (exact) mass is 1510 g/mol. The largest absolute Gasteiger partial charge is 0.456 e. The van der Waals surface area contributed by atoms with Crippen molar-refractivity contribution in [1.29, 1.82) is 0 Å². The van der Waals surface area contributed by atoms with E-state index in [4.69, 9.17) is 21.3 Å². The van der Waals surface area contributed by atoms with Crippen LogP contribution in [0, 0.1) is 20.8 Å². The Kier molecular flexibility index (Phi) is 17.0. The fourth-order valence-electron chi connectivity index (χ4n) is 18.3. The van der Waals surface area contributed by atoms with E-state index >= 15 is 4.57 Å². The second kappa shape index (κ2) is 26.7. The summed E-state index contributed by atoms with van der Waals surface area (Å²) < 4.78 is 35.7. The summed E-state index contributed by atoms with van der Waals surface area (Å²) in [7, 11) is -3.68. The van der Waals surface area contributed by atoms with Crippen molar-refractivity contribution >= 4 is 140 Å². The van der Waals surface area contributed by atoms with Crippen LogP contribution in [0.5, 0.6) is 23.0 Å². The Labute approximate surface area is 655 Å². The fraction of sp³-hybridized carbons (Fsp3) is 0.204. The molecule has 1 aliphatic carbocycles.